The molecule has 1 aromatic carbocycles. The predicted octanol–water partition coefficient (Wildman–Crippen LogP) is 0.854. The highest BCUT2D eigenvalue weighted by molar-refractivity contribution is 7.89. The van der Waals surface area contributed by atoms with E-state index in [-0.39, 0.29) is 52.9 Å². The number of nitrogens with two attached hydrogens (primary N) is 1. The number of nitrogens with zero attached hydrogens (tertiary/aromatic N) is 2. The van der Waals surface area contributed by atoms with Crippen LogP contribution in [0.4, 0.5) is 13.2 Å². The predicted molar refractivity (Wildman–Crippen MR) is 116 cm³/mol. The monoisotopic (exact) mass is 511 g/mol. The molecule has 0 bridgehead atoms. The van der Waals surface area contributed by atoms with E-state index in [0.29, 0.717) is 31.7 Å². The number of aromatic amines is 1. The van der Waals surface area contributed by atoms with Gasteiger partial charge in [0.1, 0.15) is 0 Å². The van der Waals surface area contributed by atoms with Crippen molar-refractivity contribution in [3.05, 3.63) is 46.8 Å². The first kappa shape index (κ1) is 23.8. The van der Waals surface area contributed by atoms with Gasteiger partial charge in [-0.1, -0.05) is 12.1 Å². The number of piperidine rings is 1. The molecule has 35 heavy (non-hydrogen) atoms. The summed E-state index contributed by atoms with van der Waals surface area (Å²) in [6.07, 6.45) is -3.79. The summed E-state index contributed by atoms with van der Waals surface area (Å²) in [5, 5.41) is 13.7. The molecule has 2 aromatic rings. The summed E-state index contributed by atoms with van der Waals surface area (Å²) in [6.45, 7) is 1.26. The van der Waals surface area contributed by atoms with Crippen molar-refractivity contribution in [3.8, 4) is 0 Å². The van der Waals surface area contributed by atoms with Crippen molar-refractivity contribution < 1.29 is 31.2 Å². The van der Waals surface area contributed by atoms with E-state index in [2.05, 4.69) is 15.5 Å². The highest BCUT2D eigenvalue weighted by Gasteiger charge is 2.60. The summed E-state index contributed by atoms with van der Waals surface area (Å²) in [5.74, 6) is -0.812. The third-order valence-electron chi connectivity index (χ3n) is 7.24. The van der Waals surface area contributed by atoms with Gasteiger partial charge in [-0.25, -0.2) is 13.6 Å². The number of alkyl halides is 3. The molecule has 3 atom stereocenters. The van der Waals surface area contributed by atoms with Crippen molar-refractivity contribution in [2.75, 3.05) is 19.6 Å². The van der Waals surface area contributed by atoms with Crippen LogP contribution in [0, 0.1) is 23.7 Å². The summed E-state index contributed by atoms with van der Waals surface area (Å²) in [5.41, 5.74) is 0.369. The number of aromatic nitrogens is 2. The van der Waals surface area contributed by atoms with E-state index in [4.69, 9.17) is 5.14 Å². The Morgan fingerprint density at radius 3 is 2.40 bits per heavy atom. The van der Waals surface area contributed by atoms with Crippen molar-refractivity contribution in [3.63, 3.8) is 0 Å². The van der Waals surface area contributed by atoms with E-state index < -0.39 is 27.8 Å². The molecule has 2 amide bonds. The Balaban J connectivity index is 1.08. The van der Waals surface area contributed by atoms with Gasteiger partial charge in [-0.3, -0.25) is 14.7 Å². The fourth-order valence-electron chi connectivity index (χ4n) is 5.41. The molecule has 3 aliphatic rings. The zero-order valence-electron chi connectivity index (χ0n) is 18.5. The summed E-state index contributed by atoms with van der Waals surface area (Å²) in [7, 11) is -3.75. The van der Waals surface area contributed by atoms with Crippen LogP contribution in [0.1, 0.15) is 22.5 Å². The maximum absolute atomic E-state index is 13.1. The minimum Gasteiger partial charge on any atom is -0.356 e. The molecular weight excluding hydrogens is 487 g/mol. The lowest BCUT2D eigenvalue weighted by atomic mass is 10.0. The Kier molecular flexibility index (Phi) is 5.66. The summed E-state index contributed by atoms with van der Waals surface area (Å²) in [6, 6.07) is 6.14. The Morgan fingerprint density at radius 1 is 1.14 bits per heavy atom. The van der Waals surface area contributed by atoms with Gasteiger partial charge in [0.2, 0.25) is 21.8 Å². The average molecular weight is 512 g/mol. The minimum atomic E-state index is -4.55. The first-order valence-corrected chi connectivity index (χ1v) is 12.8. The average Bonchev–Trinajstić information content (AvgIpc) is 3.15. The summed E-state index contributed by atoms with van der Waals surface area (Å²) >= 11 is 0. The van der Waals surface area contributed by atoms with E-state index in [1.54, 1.807) is 17.0 Å². The lowest BCUT2D eigenvalue weighted by molar-refractivity contribution is -0.142. The second-order valence-corrected chi connectivity index (χ2v) is 11.0. The Hall–Kier alpha value is -2.93. The first-order chi connectivity index (χ1) is 16.4. The number of carbonyl (C=O) groups excluding carboxylic acids is 2. The van der Waals surface area contributed by atoms with Gasteiger partial charge in [-0.2, -0.15) is 18.3 Å². The van der Waals surface area contributed by atoms with Gasteiger partial charge in [-0.05, 0) is 42.4 Å². The molecule has 1 saturated heterocycles. The first-order valence-electron chi connectivity index (χ1n) is 11.2. The standard InChI is InChI=1S/C22H24F3N5O4S/c23-22(24,25)19-14-7-12(8-17(14)28-29-19)21(32)30-9-15-16(10-30)18(15)20(31)27-6-5-11-1-3-13(4-2-11)35(26,33)34/h1-4,12,15-16,18H,5-10H2,(H,27,31)(H,28,29)(H2,26,33,34)/t12?,15-,16-/m0/s1. The largest absolute Gasteiger partial charge is 0.435 e. The van der Waals surface area contributed by atoms with E-state index >= 15 is 0 Å². The number of halogens is 3. The second kappa shape index (κ2) is 8.33. The lowest BCUT2D eigenvalue weighted by Crippen LogP contribution is -2.39. The van der Waals surface area contributed by atoms with Crippen molar-refractivity contribution in [2.45, 2.75) is 30.3 Å². The molecule has 1 saturated carbocycles. The van der Waals surface area contributed by atoms with Crippen LogP contribution in [0.5, 0.6) is 0 Å². The number of amides is 2. The number of H-pyrrole nitrogens is 1. The number of benzene rings is 1. The minimum absolute atomic E-state index is 0.0213. The second-order valence-electron chi connectivity index (χ2n) is 9.46. The molecular formula is C22H24F3N5O4S. The van der Waals surface area contributed by atoms with Crippen LogP contribution in [-0.2, 0) is 45.1 Å². The van der Waals surface area contributed by atoms with Gasteiger partial charge < -0.3 is 10.2 Å². The van der Waals surface area contributed by atoms with E-state index in [1.807, 2.05) is 0 Å². The van der Waals surface area contributed by atoms with Crippen molar-refractivity contribution in [1.82, 2.24) is 20.4 Å². The number of sulfonamides is 1. The maximum atomic E-state index is 13.1. The van der Waals surface area contributed by atoms with Crippen LogP contribution < -0.4 is 10.5 Å². The number of nitrogens with one attached hydrogen (secondary N) is 2. The van der Waals surface area contributed by atoms with Crippen LogP contribution >= 0.6 is 0 Å². The van der Waals surface area contributed by atoms with Gasteiger partial charge in [0.05, 0.1) is 4.90 Å². The highest BCUT2D eigenvalue weighted by atomic mass is 32.2. The van der Waals surface area contributed by atoms with E-state index in [0.717, 1.165) is 5.56 Å². The SMILES string of the molecule is NS(=O)(=O)c1ccc(CCNC(=O)C2[C@H]3CN(C(=O)C4Cc5[nH]nc(C(F)(F)F)c5C4)C[C@H]23)cc1. The molecule has 188 valence electrons. The molecule has 0 spiro atoms. The van der Waals surface area contributed by atoms with Gasteiger partial charge in [0, 0.05) is 49.1 Å². The van der Waals surface area contributed by atoms with Crippen LogP contribution in [0.25, 0.3) is 0 Å². The smallest absolute Gasteiger partial charge is 0.356 e. The van der Waals surface area contributed by atoms with Crippen LogP contribution in [0.15, 0.2) is 29.2 Å². The number of hydrogen-bond acceptors (Lipinski definition) is 5. The summed E-state index contributed by atoms with van der Waals surface area (Å²) in [4.78, 5) is 27.1. The van der Waals surface area contributed by atoms with Gasteiger partial charge in [0.25, 0.3) is 0 Å². The number of carbonyl (C=O) groups is 2. The number of likely N-dealkylation sites (tertiary alicyclic amines) is 1. The molecule has 0 radical (unpaired) electrons. The lowest BCUT2D eigenvalue weighted by Gasteiger charge is -2.23. The maximum Gasteiger partial charge on any atom is 0.435 e. The molecule has 2 aliphatic carbocycles. The van der Waals surface area contributed by atoms with Crippen molar-refractivity contribution >= 4 is 21.8 Å². The van der Waals surface area contributed by atoms with Crippen molar-refractivity contribution in [1.29, 1.82) is 0 Å². The molecule has 2 heterocycles. The third kappa shape index (κ3) is 4.54. The fourth-order valence-corrected chi connectivity index (χ4v) is 5.93. The Bertz CT molecular complexity index is 1260. The number of hydrogen-bond donors (Lipinski definition) is 3. The molecule has 1 aromatic heterocycles. The highest BCUT2D eigenvalue weighted by Crippen LogP contribution is 2.52. The Labute approximate surface area is 199 Å². The fraction of sp³-hybridized carbons (Fsp3) is 0.500. The van der Waals surface area contributed by atoms with E-state index in [9.17, 15) is 31.2 Å². The zero-order chi connectivity index (χ0) is 25.1. The normalized spacial score (nSPS) is 25.3. The Morgan fingerprint density at radius 2 is 1.80 bits per heavy atom. The number of fused-ring (bicyclic) bond motifs is 2. The summed E-state index contributed by atoms with van der Waals surface area (Å²) < 4.78 is 61.9. The molecule has 13 heteroatoms. The molecule has 4 N–H and O–H groups in total. The number of rotatable bonds is 6. The molecule has 9 nitrogen and oxygen atoms in total. The quantitative estimate of drug-likeness (QED) is 0.528. The van der Waals surface area contributed by atoms with Crippen LogP contribution in [0.2, 0.25) is 0 Å². The van der Waals surface area contributed by atoms with Crippen LogP contribution in [-0.4, -0.2) is 55.0 Å². The number of primary sulfonamides is 1. The third-order valence-corrected chi connectivity index (χ3v) is 8.17. The molecule has 2 fully saturated rings. The topological polar surface area (TPSA) is 138 Å². The van der Waals surface area contributed by atoms with Crippen LogP contribution in [0.3, 0.4) is 0 Å². The molecule has 1 aliphatic heterocycles. The zero-order valence-corrected chi connectivity index (χ0v) is 19.3. The molecule has 1 unspecified atom stereocenters. The van der Waals surface area contributed by atoms with Gasteiger partial charge >= 0.3 is 6.18 Å². The van der Waals surface area contributed by atoms with E-state index in [1.165, 1.54) is 12.1 Å². The van der Waals surface area contributed by atoms with Crippen molar-refractivity contribution in [2.24, 2.45) is 28.8 Å². The molecule has 5 rings (SSSR count). The van der Waals surface area contributed by atoms with Gasteiger partial charge in [0.15, 0.2) is 5.69 Å². The van der Waals surface area contributed by atoms with Gasteiger partial charge in [-0.15, -0.1) is 0 Å².